The van der Waals surface area contributed by atoms with E-state index < -0.39 is 35.9 Å². The molecule has 13 heteroatoms. The monoisotopic (exact) mass is 506 g/mol. The first-order valence-electron chi connectivity index (χ1n) is 10.3. The summed E-state index contributed by atoms with van der Waals surface area (Å²) in [6.07, 6.45) is -0.362. The van der Waals surface area contributed by atoms with Crippen molar-refractivity contribution in [3.05, 3.63) is 60.2 Å². The summed E-state index contributed by atoms with van der Waals surface area (Å²) in [6.45, 7) is -0.164. The van der Waals surface area contributed by atoms with Crippen LogP contribution < -0.4 is 15.3 Å². The van der Waals surface area contributed by atoms with Crippen LogP contribution in [0.3, 0.4) is 0 Å². The quantitative estimate of drug-likeness (QED) is 0.225. The lowest BCUT2D eigenvalue weighted by Gasteiger charge is -2.35. The Morgan fingerprint density at radius 1 is 1.15 bits per heavy atom. The number of carbonyl (C=O) groups is 2. The minimum atomic E-state index is -4.91. The lowest BCUT2D eigenvalue weighted by Crippen LogP contribution is -2.53. The van der Waals surface area contributed by atoms with E-state index in [2.05, 4.69) is 11.4 Å². The van der Waals surface area contributed by atoms with E-state index in [9.17, 15) is 22.6 Å². The molecule has 3 aromatic rings. The molecule has 180 valence electrons. The summed E-state index contributed by atoms with van der Waals surface area (Å²) in [7, 11) is -9.36. The summed E-state index contributed by atoms with van der Waals surface area (Å²) in [6, 6.07) is 16.3. The Bertz CT molecular complexity index is 1380. The van der Waals surface area contributed by atoms with Gasteiger partial charge in [0.1, 0.15) is 12.6 Å². The number of rotatable bonds is 6. The summed E-state index contributed by atoms with van der Waals surface area (Å²) in [4.78, 5) is 25.2. The molecule has 0 aromatic heterocycles. The Kier molecular flexibility index (Phi) is 6.61. The standard InChI is InChI=1S/C21H23N4O7PS/c22-33(28,24-34(29,30)31)25-11-5-10-19(20(25)26)23-21(27)32-13-18-16-8-3-1-6-14(16)12-15-7-2-4-9-17(15)18/h1-4,6-9,12,19H,5,10-11,13H2,(H,23,27)(H3,22,24,28)(H,29,30,31)/t19-,33?/m1/s1. The summed E-state index contributed by atoms with van der Waals surface area (Å²) in [5.41, 5.74) is 6.28. The first-order valence-corrected chi connectivity index (χ1v) is 13.5. The van der Waals surface area contributed by atoms with Gasteiger partial charge in [0.2, 0.25) is 0 Å². The lowest BCUT2D eigenvalue weighted by molar-refractivity contribution is -0.130. The molecular weight excluding hydrogens is 483 g/mol. The zero-order chi connectivity index (χ0) is 24.5. The van der Waals surface area contributed by atoms with Gasteiger partial charge in [-0.3, -0.25) is 24.1 Å². The van der Waals surface area contributed by atoms with Crippen LogP contribution in [0.2, 0.25) is 0 Å². The van der Waals surface area contributed by atoms with Crippen molar-refractivity contribution in [1.29, 1.82) is 0 Å². The van der Waals surface area contributed by atoms with E-state index in [0.717, 1.165) is 27.1 Å². The van der Waals surface area contributed by atoms with Gasteiger partial charge in [-0.25, -0.2) is 4.79 Å². The van der Waals surface area contributed by atoms with Gasteiger partial charge in [0, 0.05) is 12.1 Å². The number of piperidine rings is 1. The number of nitrogens with zero attached hydrogens (tertiary/aromatic N) is 1. The molecule has 34 heavy (non-hydrogen) atoms. The highest BCUT2D eigenvalue weighted by Crippen LogP contribution is 2.40. The van der Waals surface area contributed by atoms with E-state index in [1.165, 1.54) is 4.49 Å². The van der Waals surface area contributed by atoms with Crippen LogP contribution in [0.15, 0.2) is 54.6 Å². The highest BCUT2D eigenvalue weighted by Gasteiger charge is 2.40. The Labute approximate surface area is 195 Å². The highest BCUT2D eigenvalue weighted by atomic mass is 32.2. The minimum Gasteiger partial charge on any atom is -0.445 e. The number of alkyl carbamates (subject to hydrolysis) is 1. The van der Waals surface area contributed by atoms with Crippen LogP contribution in [0.1, 0.15) is 18.4 Å². The molecule has 1 unspecified atom stereocenters. The van der Waals surface area contributed by atoms with Gasteiger partial charge in [0.15, 0.2) is 0 Å². The molecule has 0 bridgehead atoms. The number of nitrogens with two attached hydrogens (primary N) is 1. The Hall–Kier alpha value is -3.02. The zero-order valence-electron chi connectivity index (χ0n) is 17.9. The van der Waals surface area contributed by atoms with Crippen molar-refractivity contribution in [3.8, 4) is 0 Å². The molecule has 2 atom stereocenters. The Morgan fingerprint density at radius 3 is 2.32 bits per heavy atom. The van der Waals surface area contributed by atoms with E-state index in [-0.39, 0.29) is 19.6 Å². The third-order valence-electron chi connectivity index (χ3n) is 5.54. The number of amides is 2. The second-order valence-corrected chi connectivity index (χ2v) is 11.3. The average molecular weight is 506 g/mol. The van der Waals surface area contributed by atoms with Crippen molar-refractivity contribution < 1.29 is 31.9 Å². The molecule has 0 spiro atoms. The smallest absolute Gasteiger partial charge is 0.408 e. The topological polar surface area (TPSA) is 168 Å². The fraction of sp³-hybridized carbons (Fsp3) is 0.238. The fourth-order valence-corrected chi connectivity index (χ4v) is 6.67. The Morgan fingerprint density at radius 2 is 1.74 bits per heavy atom. The van der Waals surface area contributed by atoms with E-state index in [4.69, 9.17) is 14.8 Å². The Balaban J connectivity index is 1.49. The molecule has 3 aromatic carbocycles. The van der Waals surface area contributed by atoms with Crippen molar-refractivity contribution in [2.45, 2.75) is 25.5 Å². The lowest BCUT2D eigenvalue weighted by atomic mass is 9.97. The number of nitrogens with one attached hydrogen (secondary N) is 2. The van der Waals surface area contributed by atoms with Crippen LogP contribution in [0.25, 0.3) is 21.5 Å². The van der Waals surface area contributed by atoms with Gasteiger partial charge in [0.05, 0.1) is 0 Å². The van der Waals surface area contributed by atoms with E-state index >= 15 is 0 Å². The molecule has 1 aliphatic heterocycles. The van der Waals surface area contributed by atoms with Gasteiger partial charge in [-0.15, -0.1) is 4.49 Å². The van der Waals surface area contributed by atoms with Crippen LogP contribution >= 0.6 is 7.59 Å². The third-order valence-corrected chi connectivity index (χ3v) is 8.63. The van der Waals surface area contributed by atoms with Gasteiger partial charge >= 0.3 is 24.0 Å². The minimum absolute atomic E-state index is 0.0575. The van der Waals surface area contributed by atoms with Crippen molar-refractivity contribution in [1.82, 2.24) is 14.5 Å². The molecule has 0 aliphatic carbocycles. The molecule has 1 fully saturated rings. The third kappa shape index (κ3) is 5.21. The van der Waals surface area contributed by atoms with Crippen molar-refractivity contribution in [2.24, 2.45) is 5.50 Å². The molecule has 1 heterocycles. The van der Waals surface area contributed by atoms with Crippen molar-refractivity contribution >= 4 is 51.4 Å². The van der Waals surface area contributed by atoms with Crippen LogP contribution in [0.4, 0.5) is 4.79 Å². The largest absolute Gasteiger partial charge is 0.445 e. The molecule has 4 rings (SSSR count). The number of benzene rings is 3. The van der Waals surface area contributed by atoms with Crippen LogP contribution in [-0.4, -0.2) is 42.2 Å². The predicted molar refractivity (Wildman–Crippen MR) is 126 cm³/mol. The maximum Gasteiger partial charge on any atom is 0.408 e. The molecule has 5 N–H and O–H groups in total. The molecule has 0 saturated carbocycles. The first kappa shape index (κ1) is 24.1. The summed E-state index contributed by atoms with van der Waals surface area (Å²) < 4.78 is 50.8. The summed E-state index contributed by atoms with van der Waals surface area (Å²) >= 11 is 0. The van der Waals surface area contributed by atoms with Crippen LogP contribution in [-0.2, 0) is 31.0 Å². The van der Waals surface area contributed by atoms with Crippen molar-refractivity contribution in [2.75, 3.05) is 6.54 Å². The number of hydrogen-bond acceptors (Lipinski definition) is 6. The maximum atomic E-state index is 12.7. The normalized spacial score (nSPS) is 18.6. The SMILES string of the molecule is NP(=O)(NS(=O)(=O)O)N1CCC[C@@H](NC(=O)OCc2c3ccccc3cc3ccccc23)C1=O. The van der Waals surface area contributed by atoms with Gasteiger partial charge in [0.25, 0.3) is 5.91 Å². The van der Waals surface area contributed by atoms with Gasteiger partial charge in [-0.2, -0.15) is 8.42 Å². The summed E-state index contributed by atoms with van der Waals surface area (Å²) in [5.74, 6) is -0.846. The van der Waals surface area contributed by atoms with Gasteiger partial charge in [-0.05, 0) is 40.5 Å². The van der Waals surface area contributed by atoms with Crippen LogP contribution in [0, 0.1) is 0 Å². The zero-order valence-corrected chi connectivity index (χ0v) is 19.6. The number of fused-ring (bicyclic) bond motifs is 2. The molecule has 0 radical (unpaired) electrons. The molecule has 1 aliphatic rings. The van der Waals surface area contributed by atoms with Crippen molar-refractivity contribution in [3.63, 3.8) is 0 Å². The van der Waals surface area contributed by atoms with E-state index in [1.807, 2.05) is 48.5 Å². The highest BCUT2D eigenvalue weighted by molar-refractivity contribution is 7.90. The molecule has 2 amide bonds. The molecule has 11 nitrogen and oxygen atoms in total. The van der Waals surface area contributed by atoms with Crippen LogP contribution in [0.5, 0.6) is 0 Å². The van der Waals surface area contributed by atoms with E-state index in [1.54, 1.807) is 0 Å². The molecular formula is C21H23N4O7PS. The molecule has 1 saturated heterocycles. The van der Waals surface area contributed by atoms with E-state index in [0.29, 0.717) is 11.1 Å². The second-order valence-electron chi connectivity index (χ2n) is 7.86. The summed E-state index contributed by atoms with van der Waals surface area (Å²) in [5, 5.41) is 6.26. The predicted octanol–water partition coefficient (Wildman–Crippen LogP) is 2.67. The van der Waals surface area contributed by atoms with Gasteiger partial charge < -0.3 is 10.1 Å². The number of ether oxygens (including phenoxy) is 1. The number of carbonyl (C=O) groups excluding carboxylic acids is 2. The first-order chi connectivity index (χ1) is 16.0. The second kappa shape index (κ2) is 9.32. The van der Waals surface area contributed by atoms with Gasteiger partial charge in [-0.1, -0.05) is 48.5 Å². The maximum absolute atomic E-state index is 12.7. The number of hydrogen-bond donors (Lipinski definition) is 4. The fourth-order valence-electron chi connectivity index (χ4n) is 4.09. The average Bonchev–Trinajstić information content (AvgIpc) is 2.76.